The van der Waals surface area contributed by atoms with Crippen molar-refractivity contribution in [2.75, 3.05) is 11.9 Å². The summed E-state index contributed by atoms with van der Waals surface area (Å²) in [5.74, 6) is -1.49. The number of hydrogen-bond acceptors (Lipinski definition) is 3. The lowest BCUT2D eigenvalue weighted by Gasteiger charge is -2.19. The molecule has 0 aliphatic carbocycles. The zero-order chi connectivity index (χ0) is 14.0. The van der Waals surface area contributed by atoms with Crippen LogP contribution < -0.4 is 4.90 Å². The molecule has 1 aromatic heterocycles. The number of nitriles is 1. The summed E-state index contributed by atoms with van der Waals surface area (Å²) >= 11 is 0. The van der Waals surface area contributed by atoms with E-state index >= 15 is 0 Å². The lowest BCUT2D eigenvalue weighted by Crippen LogP contribution is -2.19. The third-order valence-corrected chi connectivity index (χ3v) is 2.71. The summed E-state index contributed by atoms with van der Waals surface area (Å²) in [6.45, 7) is 0.327. The maximum atomic E-state index is 13.8. The number of benzene rings is 1. The molecule has 1 aromatic carbocycles. The first-order chi connectivity index (χ1) is 9.01. The van der Waals surface area contributed by atoms with Crippen molar-refractivity contribution in [2.45, 2.75) is 6.54 Å². The zero-order valence-corrected chi connectivity index (χ0v) is 10.6. The van der Waals surface area contributed by atoms with Gasteiger partial charge in [-0.05, 0) is 12.1 Å². The van der Waals surface area contributed by atoms with E-state index in [9.17, 15) is 8.78 Å². The minimum Gasteiger partial charge on any atom is -0.365 e. The van der Waals surface area contributed by atoms with Crippen LogP contribution in [0.4, 0.5) is 14.5 Å². The number of anilines is 1. The Morgan fingerprint density at radius 2 is 2.00 bits per heavy atom. The van der Waals surface area contributed by atoms with Gasteiger partial charge in [0.2, 0.25) is 0 Å². The number of rotatable bonds is 3. The standard InChI is InChI=1S/C13H12F2N4/c1-18(7-10-6-17-19(2)8-10)13-11(14)3-9(5-16)4-12(13)15/h3-4,6,8H,7H2,1-2H3. The van der Waals surface area contributed by atoms with E-state index in [1.807, 2.05) is 0 Å². The molecule has 19 heavy (non-hydrogen) atoms. The van der Waals surface area contributed by atoms with Crippen LogP contribution in [0, 0.1) is 23.0 Å². The van der Waals surface area contributed by atoms with Gasteiger partial charge in [0, 0.05) is 32.4 Å². The molecule has 2 rings (SSSR count). The van der Waals surface area contributed by atoms with Gasteiger partial charge < -0.3 is 4.90 Å². The molecule has 0 saturated carbocycles. The second-order valence-corrected chi connectivity index (χ2v) is 4.28. The van der Waals surface area contributed by atoms with Crippen LogP contribution in [-0.4, -0.2) is 16.8 Å². The Morgan fingerprint density at radius 3 is 2.47 bits per heavy atom. The molecule has 1 heterocycles. The first kappa shape index (κ1) is 13.0. The lowest BCUT2D eigenvalue weighted by molar-refractivity contribution is 0.576. The number of aromatic nitrogens is 2. The van der Waals surface area contributed by atoms with Gasteiger partial charge in [0.1, 0.15) is 5.69 Å². The Labute approximate surface area is 109 Å². The van der Waals surface area contributed by atoms with Gasteiger partial charge in [0.05, 0.1) is 17.8 Å². The van der Waals surface area contributed by atoms with E-state index in [-0.39, 0.29) is 11.3 Å². The highest BCUT2D eigenvalue weighted by Gasteiger charge is 2.16. The van der Waals surface area contributed by atoms with E-state index in [1.165, 1.54) is 4.90 Å². The van der Waals surface area contributed by atoms with Crippen LogP contribution in [0.2, 0.25) is 0 Å². The molecule has 98 valence electrons. The van der Waals surface area contributed by atoms with Crippen LogP contribution in [0.3, 0.4) is 0 Å². The summed E-state index contributed by atoms with van der Waals surface area (Å²) < 4.78 is 29.2. The second kappa shape index (κ2) is 5.06. The first-order valence-electron chi connectivity index (χ1n) is 5.59. The molecule has 0 atom stereocenters. The fourth-order valence-electron chi connectivity index (χ4n) is 1.90. The van der Waals surface area contributed by atoms with Crippen molar-refractivity contribution in [2.24, 2.45) is 7.05 Å². The second-order valence-electron chi connectivity index (χ2n) is 4.28. The summed E-state index contributed by atoms with van der Waals surface area (Å²) in [5.41, 5.74) is 0.657. The van der Waals surface area contributed by atoms with Gasteiger partial charge in [-0.15, -0.1) is 0 Å². The van der Waals surface area contributed by atoms with Crippen molar-refractivity contribution < 1.29 is 8.78 Å². The van der Waals surface area contributed by atoms with Crippen LogP contribution >= 0.6 is 0 Å². The predicted octanol–water partition coefficient (Wildman–Crippen LogP) is 2.21. The van der Waals surface area contributed by atoms with E-state index in [4.69, 9.17) is 5.26 Å². The molecule has 6 heteroatoms. The molecule has 0 aliphatic heterocycles. The zero-order valence-electron chi connectivity index (χ0n) is 10.6. The summed E-state index contributed by atoms with van der Waals surface area (Å²) in [6.07, 6.45) is 3.41. The van der Waals surface area contributed by atoms with Gasteiger partial charge in [-0.25, -0.2) is 8.78 Å². The number of hydrogen-bond donors (Lipinski definition) is 0. The van der Waals surface area contributed by atoms with E-state index in [1.54, 1.807) is 37.2 Å². The molecule has 0 aliphatic rings. The molecular weight excluding hydrogens is 250 g/mol. The van der Waals surface area contributed by atoms with Crippen LogP contribution in [-0.2, 0) is 13.6 Å². The van der Waals surface area contributed by atoms with Crippen molar-refractivity contribution in [3.8, 4) is 6.07 Å². The lowest BCUT2D eigenvalue weighted by atomic mass is 10.2. The van der Waals surface area contributed by atoms with Gasteiger partial charge in [-0.3, -0.25) is 4.68 Å². The van der Waals surface area contributed by atoms with Gasteiger partial charge in [-0.2, -0.15) is 10.4 Å². The van der Waals surface area contributed by atoms with Gasteiger partial charge in [0.15, 0.2) is 11.6 Å². The predicted molar refractivity (Wildman–Crippen MR) is 66.4 cm³/mol. The Hall–Kier alpha value is -2.42. The minimum absolute atomic E-state index is 0.0338. The molecule has 0 bridgehead atoms. The van der Waals surface area contributed by atoms with Crippen molar-refractivity contribution in [3.05, 3.63) is 47.3 Å². The normalized spacial score (nSPS) is 10.3. The van der Waals surface area contributed by atoms with E-state index in [2.05, 4.69) is 5.10 Å². The summed E-state index contributed by atoms with van der Waals surface area (Å²) in [6, 6.07) is 3.77. The Bertz CT molecular complexity index is 619. The molecule has 4 nitrogen and oxygen atoms in total. The molecular formula is C13H12F2N4. The Kier molecular flexibility index (Phi) is 3.47. The highest BCUT2D eigenvalue weighted by Crippen LogP contribution is 2.25. The largest absolute Gasteiger partial charge is 0.365 e. The van der Waals surface area contributed by atoms with Crippen molar-refractivity contribution in [3.63, 3.8) is 0 Å². The smallest absolute Gasteiger partial charge is 0.150 e. The van der Waals surface area contributed by atoms with Crippen LogP contribution in [0.1, 0.15) is 11.1 Å². The highest BCUT2D eigenvalue weighted by molar-refractivity contribution is 5.52. The van der Waals surface area contributed by atoms with Crippen LogP contribution in [0.15, 0.2) is 24.5 Å². The molecule has 0 radical (unpaired) electrons. The SMILES string of the molecule is CN(Cc1cnn(C)c1)c1c(F)cc(C#N)cc1F. The maximum Gasteiger partial charge on any atom is 0.150 e. The fourth-order valence-corrected chi connectivity index (χ4v) is 1.90. The third-order valence-electron chi connectivity index (χ3n) is 2.71. The summed E-state index contributed by atoms with van der Waals surface area (Å²) in [7, 11) is 3.35. The van der Waals surface area contributed by atoms with Crippen LogP contribution in [0.25, 0.3) is 0 Å². The number of nitrogens with zero attached hydrogens (tertiary/aromatic N) is 4. The van der Waals surface area contributed by atoms with Crippen molar-refractivity contribution in [1.82, 2.24) is 9.78 Å². The monoisotopic (exact) mass is 262 g/mol. The Morgan fingerprint density at radius 1 is 1.37 bits per heavy atom. The number of halogens is 2. The molecule has 0 N–H and O–H groups in total. The van der Waals surface area contributed by atoms with Gasteiger partial charge in [-0.1, -0.05) is 0 Å². The van der Waals surface area contributed by atoms with E-state index in [0.717, 1.165) is 17.7 Å². The molecule has 0 fully saturated rings. The van der Waals surface area contributed by atoms with Gasteiger partial charge >= 0.3 is 0 Å². The molecule has 0 unspecified atom stereocenters. The maximum absolute atomic E-state index is 13.8. The first-order valence-corrected chi connectivity index (χ1v) is 5.59. The van der Waals surface area contributed by atoms with Gasteiger partial charge in [0.25, 0.3) is 0 Å². The molecule has 0 amide bonds. The van der Waals surface area contributed by atoms with Crippen molar-refractivity contribution >= 4 is 5.69 Å². The van der Waals surface area contributed by atoms with Crippen molar-refractivity contribution in [1.29, 1.82) is 5.26 Å². The minimum atomic E-state index is -0.747. The highest BCUT2D eigenvalue weighted by atomic mass is 19.1. The van der Waals surface area contributed by atoms with E-state index < -0.39 is 11.6 Å². The molecule has 0 spiro atoms. The third kappa shape index (κ3) is 2.71. The average Bonchev–Trinajstić information content (AvgIpc) is 2.73. The topological polar surface area (TPSA) is 44.9 Å². The summed E-state index contributed by atoms with van der Waals surface area (Å²) in [5, 5.41) is 12.6. The Balaban J connectivity index is 2.29. The molecule has 2 aromatic rings. The molecule has 0 saturated heterocycles. The fraction of sp³-hybridized carbons (Fsp3) is 0.231. The average molecular weight is 262 g/mol. The summed E-state index contributed by atoms with van der Waals surface area (Å²) in [4.78, 5) is 1.45. The quantitative estimate of drug-likeness (QED) is 0.851. The number of aryl methyl sites for hydroxylation is 1. The van der Waals surface area contributed by atoms with E-state index in [0.29, 0.717) is 6.54 Å². The van der Waals surface area contributed by atoms with Crippen LogP contribution in [0.5, 0.6) is 0 Å².